The Bertz CT molecular complexity index is 139. The second-order valence-corrected chi connectivity index (χ2v) is 4.90. The van der Waals surface area contributed by atoms with Crippen molar-refractivity contribution in [1.82, 2.24) is 10.2 Å². The first-order chi connectivity index (χ1) is 7.34. The molecule has 0 aromatic carbocycles. The maximum absolute atomic E-state index is 3.23. The molecule has 2 heteroatoms. The van der Waals surface area contributed by atoms with Crippen molar-refractivity contribution in [2.45, 2.75) is 57.9 Å². The van der Waals surface area contributed by atoms with Crippen molar-refractivity contribution in [2.75, 3.05) is 26.7 Å². The first kappa shape index (κ1) is 13.0. The molecule has 0 amide bonds. The molecule has 90 valence electrons. The van der Waals surface area contributed by atoms with Crippen molar-refractivity contribution in [3.63, 3.8) is 0 Å². The van der Waals surface area contributed by atoms with Crippen LogP contribution in [0.5, 0.6) is 0 Å². The summed E-state index contributed by atoms with van der Waals surface area (Å²) in [4.78, 5) is 2.70. The molecule has 1 N–H and O–H groups in total. The number of rotatable bonds is 5. The van der Waals surface area contributed by atoms with E-state index in [1.165, 1.54) is 58.0 Å². The van der Waals surface area contributed by atoms with Crippen LogP contribution < -0.4 is 5.32 Å². The zero-order valence-electron chi connectivity index (χ0n) is 10.6. The monoisotopic (exact) mass is 212 g/mol. The van der Waals surface area contributed by atoms with Crippen LogP contribution in [0, 0.1) is 0 Å². The first-order valence-electron chi connectivity index (χ1n) is 6.73. The van der Waals surface area contributed by atoms with Crippen LogP contribution in [-0.2, 0) is 0 Å². The summed E-state index contributed by atoms with van der Waals surface area (Å²) in [5.74, 6) is 0. The van der Waals surface area contributed by atoms with Gasteiger partial charge < -0.3 is 10.2 Å². The van der Waals surface area contributed by atoms with Crippen LogP contribution in [0.3, 0.4) is 0 Å². The van der Waals surface area contributed by atoms with E-state index in [0.717, 1.165) is 12.6 Å². The molecule has 1 aliphatic rings. The van der Waals surface area contributed by atoms with Crippen LogP contribution in [0.25, 0.3) is 0 Å². The second-order valence-electron chi connectivity index (χ2n) is 4.90. The Morgan fingerprint density at radius 2 is 1.67 bits per heavy atom. The SMILES string of the molecule is CNCCCC(C)N1CCCCCCC1. The van der Waals surface area contributed by atoms with Crippen LogP contribution in [0.15, 0.2) is 0 Å². The molecule has 0 aliphatic carbocycles. The van der Waals surface area contributed by atoms with Crippen molar-refractivity contribution in [2.24, 2.45) is 0 Å². The summed E-state index contributed by atoms with van der Waals surface area (Å²) in [6.07, 6.45) is 9.84. The standard InChI is InChI=1S/C13H28N2/c1-13(9-8-10-14-2)15-11-6-4-3-5-7-12-15/h13-14H,3-12H2,1-2H3. The van der Waals surface area contributed by atoms with Crippen molar-refractivity contribution in [3.05, 3.63) is 0 Å². The van der Waals surface area contributed by atoms with Gasteiger partial charge in [0.25, 0.3) is 0 Å². The molecular formula is C13H28N2. The number of likely N-dealkylation sites (tertiary alicyclic amines) is 1. The van der Waals surface area contributed by atoms with E-state index in [9.17, 15) is 0 Å². The Hall–Kier alpha value is -0.0800. The van der Waals surface area contributed by atoms with E-state index < -0.39 is 0 Å². The van der Waals surface area contributed by atoms with Gasteiger partial charge in [0.1, 0.15) is 0 Å². The molecule has 1 saturated heterocycles. The van der Waals surface area contributed by atoms with E-state index in [4.69, 9.17) is 0 Å². The largest absolute Gasteiger partial charge is 0.320 e. The summed E-state index contributed by atoms with van der Waals surface area (Å²) < 4.78 is 0. The highest BCUT2D eigenvalue weighted by atomic mass is 15.1. The van der Waals surface area contributed by atoms with Gasteiger partial charge >= 0.3 is 0 Å². The Labute approximate surface area is 95.4 Å². The summed E-state index contributed by atoms with van der Waals surface area (Å²) >= 11 is 0. The molecule has 0 aromatic rings. The summed E-state index contributed by atoms with van der Waals surface area (Å²) in [6, 6.07) is 0.788. The minimum Gasteiger partial charge on any atom is -0.320 e. The molecule has 1 rings (SSSR count). The van der Waals surface area contributed by atoms with Crippen molar-refractivity contribution in [3.8, 4) is 0 Å². The third-order valence-corrected chi connectivity index (χ3v) is 3.56. The van der Waals surface area contributed by atoms with Gasteiger partial charge in [0, 0.05) is 6.04 Å². The summed E-state index contributed by atoms with van der Waals surface area (Å²) in [7, 11) is 2.04. The predicted octanol–water partition coefficient (Wildman–Crippen LogP) is 2.64. The Kier molecular flexibility index (Phi) is 7.03. The maximum atomic E-state index is 3.23. The zero-order valence-corrected chi connectivity index (χ0v) is 10.6. The second kappa shape index (κ2) is 8.12. The molecule has 15 heavy (non-hydrogen) atoms. The minimum atomic E-state index is 0.788. The van der Waals surface area contributed by atoms with Crippen LogP contribution >= 0.6 is 0 Å². The fraction of sp³-hybridized carbons (Fsp3) is 1.00. The lowest BCUT2D eigenvalue weighted by atomic mass is 10.1. The Morgan fingerprint density at radius 3 is 2.27 bits per heavy atom. The molecule has 0 bridgehead atoms. The van der Waals surface area contributed by atoms with Crippen molar-refractivity contribution >= 4 is 0 Å². The smallest absolute Gasteiger partial charge is 0.00674 e. The maximum Gasteiger partial charge on any atom is 0.00674 e. The lowest BCUT2D eigenvalue weighted by molar-refractivity contribution is 0.180. The van der Waals surface area contributed by atoms with Crippen LogP contribution in [-0.4, -0.2) is 37.6 Å². The van der Waals surface area contributed by atoms with Crippen molar-refractivity contribution in [1.29, 1.82) is 0 Å². The third kappa shape index (κ3) is 5.53. The normalized spacial score (nSPS) is 22.0. The fourth-order valence-electron chi connectivity index (χ4n) is 2.47. The number of nitrogens with zero attached hydrogens (tertiary/aromatic N) is 1. The van der Waals surface area contributed by atoms with Gasteiger partial charge in [-0.25, -0.2) is 0 Å². The van der Waals surface area contributed by atoms with Gasteiger partial charge in [-0.3, -0.25) is 0 Å². The molecule has 1 fully saturated rings. The molecular weight excluding hydrogens is 184 g/mol. The highest BCUT2D eigenvalue weighted by molar-refractivity contribution is 4.69. The quantitative estimate of drug-likeness (QED) is 0.705. The van der Waals surface area contributed by atoms with E-state index in [0.29, 0.717) is 0 Å². The van der Waals surface area contributed by atoms with E-state index in [1.807, 2.05) is 7.05 Å². The van der Waals surface area contributed by atoms with Gasteiger partial charge in [0.05, 0.1) is 0 Å². The Balaban J connectivity index is 2.19. The van der Waals surface area contributed by atoms with E-state index in [2.05, 4.69) is 17.1 Å². The minimum absolute atomic E-state index is 0.788. The van der Waals surface area contributed by atoms with Gasteiger partial charge in [-0.1, -0.05) is 19.3 Å². The zero-order chi connectivity index (χ0) is 10.9. The highest BCUT2D eigenvalue weighted by Crippen LogP contribution is 2.14. The third-order valence-electron chi connectivity index (χ3n) is 3.56. The molecule has 0 aromatic heterocycles. The highest BCUT2D eigenvalue weighted by Gasteiger charge is 2.14. The van der Waals surface area contributed by atoms with E-state index in [1.54, 1.807) is 0 Å². The molecule has 1 aliphatic heterocycles. The van der Waals surface area contributed by atoms with E-state index >= 15 is 0 Å². The molecule has 1 unspecified atom stereocenters. The van der Waals surface area contributed by atoms with Crippen LogP contribution in [0.1, 0.15) is 51.9 Å². The molecule has 0 spiro atoms. The summed E-state index contributed by atoms with van der Waals surface area (Å²) in [6.45, 7) is 6.23. The molecule has 2 nitrogen and oxygen atoms in total. The van der Waals surface area contributed by atoms with E-state index in [-0.39, 0.29) is 0 Å². The van der Waals surface area contributed by atoms with Gasteiger partial charge in [0.15, 0.2) is 0 Å². The van der Waals surface area contributed by atoms with Gasteiger partial charge in [-0.05, 0) is 59.3 Å². The number of hydrogen-bond donors (Lipinski definition) is 1. The summed E-state index contributed by atoms with van der Waals surface area (Å²) in [5, 5.41) is 3.23. The van der Waals surface area contributed by atoms with Gasteiger partial charge in [0.2, 0.25) is 0 Å². The average Bonchev–Trinajstić information content (AvgIpc) is 2.17. The number of hydrogen-bond acceptors (Lipinski definition) is 2. The first-order valence-corrected chi connectivity index (χ1v) is 6.73. The number of nitrogens with one attached hydrogen (secondary N) is 1. The summed E-state index contributed by atoms with van der Waals surface area (Å²) in [5.41, 5.74) is 0. The molecule has 1 heterocycles. The lowest BCUT2D eigenvalue weighted by Crippen LogP contribution is -2.36. The van der Waals surface area contributed by atoms with Crippen LogP contribution in [0.4, 0.5) is 0 Å². The van der Waals surface area contributed by atoms with Gasteiger partial charge in [-0.2, -0.15) is 0 Å². The van der Waals surface area contributed by atoms with Crippen LogP contribution in [0.2, 0.25) is 0 Å². The van der Waals surface area contributed by atoms with Gasteiger partial charge in [-0.15, -0.1) is 0 Å². The fourth-order valence-corrected chi connectivity index (χ4v) is 2.47. The molecule has 0 radical (unpaired) electrons. The lowest BCUT2D eigenvalue weighted by Gasteiger charge is -2.30. The average molecular weight is 212 g/mol. The Morgan fingerprint density at radius 1 is 1.07 bits per heavy atom. The predicted molar refractivity (Wildman–Crippen MR) is 67.3 cm³/mol. The van der Waals surface area contributed by atoms with Crippen molar-refractivity contribution < 1.29 is 0 Å². The molecule has 1 atom stereocenters. The molecule has 0 saturated carbocycles. The topological polar surface area (TPSA) is 15.3 Å².